The summed E-state index contributed by atoms with van der Waals surface area (Å²) >= 11 is 0. The fourth-order valence-electron chi connectivity index (χ4n) is 2.13. The van der Waals surface area contributed by atoms with Gasteiger partial charge in [0.15, 0.2) is 17.4 Å². The fourth-order valence-corrected chi connectivity index (χ4v) is 2.68. The highest BCUT2D eigenvalue weighted by Gasteiger charge is 2.49. The highest BCUT2D eigenvalue weighted by molar-refractivity contribution is 7.88. The monoisotopic (exact) mass is 386 g/mol. The maximum atomic E-state index is 14.0. The van der Waals surface area contributed by atoms with Gasteiger partial charge in [0.05, 0.1) is 0 Å². The summed E-state index contributed by atoms with van der Waals surface area (Å²) in [5.74, 6) is -3.48. The van der Waals surface area contributed by atoms with Crippen molar-refractivity contribution in [2.24, 2.45) is 0 Å². The first-order chi connectivity index (χ1) is 11.4. The number of rotatable bonds is 7. The Hall–Kier alpha value is -1.64. The minimum atomic E-state index is -5.97. The van der Waals surface area contributed by atoms with E-state index in [9.17, 15) is 30.4 Å². The number of allylic oxidation sites excluding steroid dienone is 2. The molecule has 0 fully saturated rings. The van der Waals surface area contributed by atoms with Gasteiger partial charge in [0.25, 0.3) is 0 Å². The molecule has 0 amide bonds. The molecule has 0 atom stereocenters. The van der Waals surface area contributed by atoms with Crippen LogP contribution in [0.3, 0.4) is 0 Å². The van der Waals surface area contributed by atoms with Crippen molar-refractivity contribution in [1.29, 1.82) is 0 Å². The largest absolute Gasteiger partial charge is 0.534 e. The van der Waals surface area contributed by atoms with E-state index in [-0.39, 0.29) is 12.0 Å². The number of hydrogen-bond donors (Lipinski definition) is 0. The van der Waals surface area contributed by atoms with Crippen LogP contribution in [-0.4, -0.2) is 13.9 Å². The van der Waals surface area contributed by atoms with Crippen molar-refractivity contribution in [3.63, 3.8) is 0 Å². The molecule has 0 spiro atoms. The maximum Gasteiger partial charge on any atom is 0.534 e. The normalized spacial score (nSPS) is 12.2. The smallest absolute Gasteiger partial charge is 0.375 e. The molecule has 0 aliphatic heterocycles. The molecule has 9 heteroatoms. The average Bonchev–Trinajstić information content (AvgIpc) is 2.45. The van der Waals surface area contributed by atoms with Gasteiger partial charge in [-0.25, -0.2) is 8.78 Å². The minimum absolute atomic E-state index is 0.149. The number of aryl methyl sites for hydroxylation is 1. The Labute approximate surface area is 143 Å². The van der Waals surface area contributed by atoms with E-state index in [0.717, 1.165) is 12.5 Å². The van der Waals surface area contributed by atoms with Gasteiger partial charge in [0, 0.05) is 5.56 Å². The summed E-state index contributed by atoms with van der Waals surface area (Å²) in [5.41, 5.74) is -5.33. The minimum Gasteiger partial charge on any atom is -0.375 e. The van der Waals surface area contributed by atoms with Gasteiger partial charge in [0.1, 0.15) is 0 Å². The number of alkyl halides is 3. The van der Waals surface area contributed by atoms with Gasteiger partial charge < -0.3 is 4.18 Å². The van der Waals surface area contributed by atoms with Gasteiger partial charge >= 0.3 is 15.6 Å². The molecule has 0 aliphatic rings. The molecule has 0 aliphatic carbocycles. The van der Waals surface area contributed by atoms with Crippen molar-refractivity contribution in [3.05, 3.63) is 40.5 Å². The molecule has 25 heavy (non-hydrogen) atoms. The zero-order chi connectivity index (χ0) is 19.4. The van der Waals surface area contributed by atoms with Crippen LogP contribution in [0.15, 0.2) is 17.7 Å². The molecule has 1 aromatic carbocycles. The summed E-state index contributed by atoms with van der Waals surface area (Å²) in [6.07, 6.45) is 3.34. The summed E-state index contributed by atoms with van der Waals surface area (Å²) < 4.78 is 91.6. The van der Waals surface area contributed by atoms with E-state index in [1.807, 2.05) is 19.9 Å². The van der Waals surface area contributed by atoms with E-state index in [1.54, 1.807) is 0 Å². The van der Waals surface area contributed by atoms with Crippen molar-refractivity contribution >= 4 is 10.1 Å². The van der Waals surface area contributed by atoms with Crippen molar-refractivity contribution in [2.45, 2.75) is 52.0 Å². The van der Waals surface area contributed by atoms with Gasteiger partial charge in [-0.15, -0.1) is 0 Å². The highest BCUT2D eigenvalue weighted by Crippen LogP contribution is 2.34. The predicted molar refractivity (Wildman–Crippen MR) is 83.7 cm³/mol. The summed E-state index contributed by atoms with van der Waals surface area (Å²) in [6, 6.07) is 0.600. The third-order valence-corrected chi connectivity index (χ3v) is 4.31. The first-order valence-electron chi connectivity index (χ1n) is 7.48. The zero-order valence-corrected chi connectivity index (χ0v) is 14.8. The molecule has 0 saturated heterocycles. The maximum absolute atomic E-state index is 14.0. The predicted octanol–water partition coefficient (Wildman–Crippen LogP) is 5.18. The number of halogens is 5. The van der Waals surface area contributed by atoms with E-state index in [0.29, 0.717) is 25.3 Å². The summed E-state index contributed by atoms with van der Waals surface area (Å²) in [4.78, 5) is 0. The van der Waals surface area contributed by atoms with Crippen LogP contribution < -0.4 is 4.18 Å². The lowest BCUT2D eigenvalue weighted by atomic mass is 10.0. The summed E-state index contributed by atoms with van der Waals surface area (Å²) in [6.45, 7) is 4.93. The van der Waals surface area contributed by atoms with Crippen LogP contribution in [0, 0.1) is 18.6 Å². The van der Waals surface area contributed by atoms with Gasteiger partial charge in [-0.05, 0) is 58.1 Å². The summed E-state index contributed by atoms with van der Waals surface area (Å²) in [7, 11) is -5.97. The molecule has 0 saturated carbocycles. The Morgan fingerprint density at radius 3 is 2.32 bits per heavy atom. The highest BCUT2D eigenvalue weighted by atomic mass is 32.2. The van der Waals surface area contributed by atoms with E-state index in [2.05, 4.69) is 4.18 Å². The van der Waals surface area contributed by atoms with Gasteiger partial charge in [0.2, 0.25) is 0 Å². The second-order valence-corrected chi connectivity index (χ2v) is 7.35. The molecule has 0 bridgehead atoms. The molecule has 0 unspecified atom stereocenters. The van der Waals surface area contributed by atoms with Gasteiger partial charge in [-0.1, -0.05) is 11.6 Å². The molecular formula is C16H19F5O3S. The lowest BCUT2D eigenvalue weighted by Gasteiger charge is -2.16. The Bertz CT molecular complexity index is 748. The molecule has 1 rings (SSSR count). The van der Waals surface area contributed by atoms with Crippen LogP contribution in [0.1, 0.15) is 44.2 Å². The Kier molecular flexibility index (Phi) is 6.99. The quantitative estimate of drug-likeness (QED) is 0.213. The lowest BCUT2D eigenvalue weighted by molar-refractivity contribution is -0.0500. The van der Waals surface area contributed by atoms with Crippen LogP contribution in [0.4, 0.5) is 22.0 Å². The molecule has 3 nitrogen and oxygen atoms in total. The van der Waals surface area contributed by atoms with Crippen molar-refractivity contribution in [1.82, 2.24) is 0 Å². The molecule has 142 valence electrons. The lowest BCUT2D eigenvalue weighted by Crippen LogP contribution is -2.29. The number of benzene rings is 1. The van der Waals surface area contributed by atoms with E-state index >= 15 is 0 Å². The molecule has 0 radical (unpaired) electrons. The Morgan fingerprint density at radius 1 is 1.20 bits per heavy atom. The first kappa shape index (κ1) is 21.4. The van der Waals surface area contributed by atoms with Crippen molar-refractivity contribution in [3.8, 4) is 5.75 Å². The molecular weight excluding hydrogens is 367 g/mol. The molecule has 0 heterocycles. The van der Waals surface area contributed by atoms with Crippen LogP contribution in [0.25, 0.3) is 0 Å². The Balaban J connectivity index is 3.12. The molecule has 0 aromatic heterocycles. The standard InChI is InChI=1S/C16H19F5O3S/c1-10(2)7-5-4-6-8-12-14(18)13(17)9-11(3)15(12)24-25(22,23)16(19,20)21/h7,9H,4-6,8H2,1-3H3. The molecule has 1 aromatic rings. The van der Waals surface area contributed by atoms with E-state index in [1.165, 1.54) is 0 Å². The summed E-state index contributed by atoms with van der Waals surface area (Å²) in [5, 5.41) is 0. The van der Waals surface area contributed by atoms with Crippen LogP contribution in [-0.2, 0) is 16.5 Å². The SMILES string of the molecule is CC(C)=CCCCCc1c(F)c(F)cc(C)c1OS(=O)(=O)C(F)(F)F. The topological polar surface area (TPSA) is 43.4 Å². The van der Waals surface area contributed by atoms with Gasteiger partial charge in [-0.2, -0.15) is 21.6 Å². The second kappa shape index (κ2) is 8.16. The van der Waals surface area contributed by atoms with Crippen molar-refractivity contribution in [2.75, 3.05) is 0 Å². The fraction of sp³-hybridized carbons (Fsp3) is 0.500. The second-order valence-electron chi connectivity index (χ2n) is 5.81. The van der Waals surface area contributed by atoms with E-state index in [4.69, 9.17) is 0 Å². The van der Waals surface area contributed by atoms with Crippen molar-refractivity contribution < 1.29 is 34.6 Å². The Morgan fingerprint density at radius 2 is 1.80 bits per heavy atom. The van der Waals surface area contributed by atoms with E-state index < -0.39 is 38.6 Å². The number of unbranched alkanes of at least 4 members (excludes halogenated alkanes) is 2. The van der Waals surface area contributed by atoms with Crippen LogP contribution in [0.5, 0.6) is 5.75 Å². The first-order valence-corrected chi connectivity index (χ1v) is 8.89. The van der Waals surface area contributed by atoms with Gasteiger partial charge in [-0.3, -0.25) is 0 Å². The third kappa shape index (κ3) is 5.69. The van der Waals surface area contributed by atoms with Crippen LogP contribution in [0.2, 0.25) is 0 Å². The average molecular weight is 386 g/mol. The number of hydrogen-bond acceptors (Lipinski definition) is 3. The third-order valence-electron chi connectivity index (χ3n) is 3.36. The molecule has 0 N–H and O–H groups in total. The zero-order valence-electron chi connectivity index (χ0n) is 14.0. The van der Waals surface area contributed by atoms with Crippen LogP contribution >= 0.6 is 0 Å².